The first-order valence-electron chi connectivity index (χ1n) is 13.0. The molecule has 0 aromatic heterocycles. The molecule has 0 aromatic carbocycles. The van der Waals surface area contributed by atoms with Gasteiger partial charge in [0.25, 0.3) is 0 Å². The second-order valence-corrected chi connectivity index (χ2v) is 12.0. The smallest absolute Gasteiger partial charge is 0.306 e. The standard InChI is InChI=1S/C28H37ClO7/c1-6-23(33)35-15-22(32)28(36-24(34)7-2)16(3)12-20-19-9-8-17-13-18(30)10-11-25(17,4)27(19,29)21(31)14-26(20,28)5/h10-11,13,16,19-21,31H,6-9,12,14-15H2,1-5H3/t16-,19-,20-,21-,25-,26-,27-,28-/m1/s1. The van der Waals surface area contributed by atoms with Gasteiger partial charge in [-0.3, -0.25) is 19.2 Å². The van der Waals surface area contributed by atoms with Gasteiger partial charge in [-0.25, -0.2) is 0 Å². The maximum absolute atomic E-state index is 13.9. The molecule has 0 amide bonds. The van der Waals surface area contributed by atoms with E-state index < -0.39 is 51.7 Å². The van der Waals surface area contributed by atoms with Crippen molar-refractivity contribution in [3.63, 3.8) is 0 Å². The third-order valence-corrected chi connectivity index (χ3v) is 10.7. The summed E-state index contributed by atoms with van der Waals surface area (Å²) in [5, 5.41) is 11.8. The largest absolute Gasteiger partial charge is 0.457 e. The van der Waals surface area contributed by atoms with Gasteiger partial charge in [-0.1, -0.05) is 46.3 Å². The van der Waals surface area contributed by atoms with Gasteiger partial charge in [0.15, 0.2) is 18.0 Å². The van der Waals surface area contributed by atoms with Gasteiger partial charge >= 0.3 is 11.9 Å². The zero-order valence-corrected chi connectivity index (χ0v) is 22.5. The highest BCUT2D eigenvalue weighted by molar-refractivity contribution is 6.26. The van der Waals surface area contributed by atoms with Crippen LogP contribution in [0.3, 0.4) is 0 Å². The number of ketones is 2. The van der Waals surface area contributed by atoms with Gasteiger partial charge in [-0.2, -0.15) is 0 Å². The molecule has 4 rings (SSSR count). The number of hydrogen-bond donors (Lipinski definition) is 1. The molecule has 0 aromatic rings. The number of esters is 2. The van der Waals surface area contributed by atoms with Crippen molar-refractivity contribution in [1.29, 1.82) is 0 Å². The molecule has 0 radical (unpaired) electrons. The quantitative estimate of drug-likeness (QED) is 0.415. The van der Waals surface area contributed by atoms with E-state index in [0.717, 1.165) is 5.57 Å². The molecule has 4 aliphatic rings. The number of ether oxygens (including phenoxy) is 2. The van der Waals surface area contributed by atoms with Gasteiger partial charge in [-0.05, 0) is 49.7 Å². The Morgan fingerprint density at radius 3 is 2.44 bits per heavy atom. The maximum atomic E-state index is 13.9. The molecular formula is C28H37ClO7. The minimum absolute atomic E-state index is 0.0801. The van der Waals surface area contributed by atoms with E-state index >= 15 is 0 Å². The van der Waals surface area contributed by atoms with Crippen molar-refractivity contribution in [3.8, 4) is 0 Å². The summed E-state index contributed by atoms with van der Waals surface area (Å²) in [5.74, 6) is -2.24. The number of carbonyl (C=O) groups is 4. The lowest BCUT2D eigenvalue weighted by atomic mass is 9.45. The molecule has 3 saturated carbocycles. The molecule has 3 fully saturated rings. The lowest BCUT2D eigenvalue weighted by Crippen LogP contribution is -2.69. The number of Topliss-reactive ketones (excluding diaryl/α,β-unsaturated/α-hetero) is 1. The lowest BCUT2D eigenvalue weighted by molar-refractivity contribution is -0.203. The molecule has 0 spiro atoms. The van der Waals surface area contributed by atoms with Crippen molar-refractivity contribution in [3.05, 3.63) is 23.8 Å². The molecule has 0 saturated heterocycles. The highest BCUT2D eigenvalue weighted by Crippen LogP contribution is 2.72. The van der Waals surface area contributed by atoms with Crippen LogP contribution in [0.25, 0.3) is 0 Å². The monoisotopic (exact) mass is 520 g/mol. The number of allylic oxidation sites excluding steroid dienone is 4. The number of aliphatic hydroxyl groups excluding tert-OH is 1. The van der Waals surface area contributed by atoms with E-state index in [0.29, 0.717) is 19.3 Å². The van der Waals surface area contributed by atoms with Crippen LogP contribution in [0.5, 0.6) is 0 Å². The molecule has 0 heterocycles. The molecule has 0 aliphatic heterocycles. The molecule has 198 valence electrons. The van der Waals surface area contributed by atoms with Gasteiger partial charge in [0.05, 0.1) is 11.0 Å². The normalized spacial score (nSPS) is 43.1. The molecule has 36 heavy (non-hydrogen) atoms. The van der Waals surface area contributed by atoms with Crippen molar-refractivity contribution >= 4 is 35.1 Å². The Labute approximate surface area is 217 Å². The molecule has 8 heteroatoms. The second kappa shape index (κ2) is 9.09. The second-order valence-electron chi connectivity index (χ2n) is 11.4. The van der Waals surface area contributed by atoms with Crippen LogP contribution in [-0.2, 0) is 28.7 Å². The van der Waals surface area contributed by atoms with Crippen LogP contribution in [0.15, 0.2) is 23.8 Å². The van der Waals surface area contributed by atoms with Crippen LogP contribution in [0.1, 0.15) is 73.1 Å². The summed E-state index contributed by atoms with van der Waals surface area (Å²) in [6, 6.07) is 0. The van der Waals surface area contributed by atoms with Crippen LogP contribution in [0.2, 0.25) is 0 Å². The predicted molar refractivity (Wildman–Crippen MR) is 133 cm³/mol. The number of hydrogen-bond acceptors (Lipinski definition) is 7. The highest BCUT2D eigenvalue weighted by atomic mass is 35.5. The first-order chi connectivity index (χ1) is 16.8. The number of halogens is 1. The molecule has 1 N–H and O–H groups in total. The predicted octanol–water partition coefficient (Wildman–Crippen LogP) is 4.09. The zero-order valence-electron chi connectivity index (χ0n) is 21.8. The van der Waals surface area contributed by atoms with E-state index in [4.69, 9.17) is 21.1 Å². The van der Waals surface area contributed by atoms with Crippen molar-refractivity contribution < 1.29 is 33.8 Å². The van der Waals surface area contributed by atoms with Crippen molar-refractivity contribution in [1.82, 2.24) is 0 Å². The Morgan fingerprint density at radius 2 is 1.81 bits per heavy atom. The zero-order chi connectivity index (χ0) is 26.7. The summed E-state index contributed by atoms with van der Waals surface area (Å²) < 4.78 is 11.3. The van der Waals surface area contributed by atoms with Crippen molar-refractivity contribution in [2.45, 2.75) is 89.7 Å². The van der Waals surface area contributed by atoms with Crippen LogP contribution >= 0.6 is 11.6 Å². The third kappa shape index (κ3) is 3.48. The summed E-state index contributed by atoms with van der Waals surface area (Å²) in [4.78, 5) is 49.5. The number of alkyl halides is 1. The molecule has 7 nitrogen and oxygen atoms in total. The summed E-state index contributed by atoms with van der Waals surface area (Å²) in [5.41, 5.74) is -2.27. The summed E-state index contributed by atoms with van der Waals surface area (Å²) in [6.45, 7) is 8.61. The summed E-state index contributed by atoms with van der Waals surface area (Å²) in [6.07, 6.45) is 6.18. The number of aliphatic hydroxyl groups is 1. The highest BCUT2D eigenvalue weighted by Gasteiger charge is 2.76. The van der Waals surface area contributed by atoms with E-state index in [2.05, 4.69) is 0 Å². The van der Waals surface area contributed by atoms with Crippen molar-refractivity contribution in [2.24, 2.45) is 28.6 Å². The van der Waals surface area contributed by atoms with E-state index in [1.54, 1.807) is 19.9 Å². The first-order valence-corrected chi connectivity index (χ1v) is 13.4. The maximum Gasteiger partial charge on any atom is 0.306 e. The number of carbonyl (C=O) groups excluding carboxylic acids is 4. The van der Waals surface area contributed by atoms with Crippen LogP contribution in [0.4, 0.5) is 0 Å². The van der Waals surface area contributed by atoms with Gasteiger partial charge in [-0.15, -0.1) is 11.6 Å². The fraction of sp³-hybridized carbons (Fsp3) is 0.714. The van der Waals surface area contributed by atoms with E-state index in [1.165, 1.54) is 6.08 Å². The Kier molecular flexibility index (Phi) is 6.83. The number of fused-ring (bicyclic) bond motifs is 5. The van der Waals surface area contributed by atoms with E-state index in [1.807, 2.05) is 26.8 Å². The van der Waals surface area contributed by atoms with Gasteiger partial charge in [0.1, 0.15) is 0 Å². The molecule has 8 atom stereocenters. The Balaban J connectivity index is 1.80. The SMILES string of the molecule is CCC(=O)OCC(=O)[C@]1(OC(=O)CC)[C@H](C)C[C@@H]2[C@H]3CCC4=CC(=O)C=C[C@@]4(C)[C@]3(Cl)[C@H](O)C[C@]21C. The average Bonchev–Trinajstić information content (AvgIpc) is 3.05. The van der Waals surface area contributed by atoms with Gasteiger partial charge < -0.3 is 14.6 Å². The number of rotatable bonds is 6. The fourth-order valence-electron chi connectivity index (χ4n) is 8.01. The minimum Gasteiger partial charge on any atom is -0.457 e. The van der Waals surface area contributed by atoms with Crippen LogP contribution in [-0.4, -0.2) is 51.8 Å². The molecule has 0 bridgehead atoms. The van der Waals surface area contributed by atoms with Crippen LogP contribution < -0.4 is 0 Å². The van der Waals surface area contributed by atoms with Crippen LogP contribution in [0, 0.1) is 28.6 Å². The summed E-state index contributed by atoms with van der Waals surface area (Å²) >= 11 is 7.48. The van der Waals surface area contributed by atoms with E-state index in [-0.39, 0.29) is 42.8 Å². The lowest BCUT2D eigenvalue weighted by Gasteiger charge is -2.64. The molecule has 0 unspecified atom stereocenters. The van der Waals surface area contributed by atoms with E-state index in [9.17, 15) is 24.3 Å². The van der Waals surface area contributed by atoms with Gasteiger partial charge in [0, 0.05) is 29.6 Å². The topological polar surface area (TPSA) is 107 Å². The summed E-state index contributed by atoms with van der Waals surface area (Å²) in [7, 11) is 0. The Morgan fingerprint density at radius 1 is 1.14 bits per heavy atom. The molecule has 4 aliphatic carbocycles. The van der Waals surface area contributed by atoms with Crippen molar-refractivity contribution in [2.75, 3.05) is 6.61 Å². The Hall–Kier alpha value is -1.99. The Bertz CT molecular complexity index is 1050. The fourth-order valence-corrected chi connectivity index (χ4v) is 8.53. The minimum atomic E-state index is -1.55. The van der Waals surface area contributed by atoms with Gasteiger partial charge in [0.2, 0.25) is 5.78 Å². The average molecular weight is 521 g/mol. The first kappa shape index (κ1) is 27.1. The molecular weight excluding hydrogens is 484 g/mol. The third-order valence-electron chi connectivity index (χ3n) is 9.81.